The SMILES string of the molecule is CCc1cc2c(c3c1=[N+](C)CCC3)Oc1c(cc3c4c1CCCN4CCC3)C=2c1cc(C(C)=O)ccc1OC(C)=O. The minimum atomic E-state index is -0.382. The highest BCUT2D eigenvalue weighted by molar-refractivity contribution is 5.98. The minimum Gasteiger partial charge on any atom is -0.455 e. The van der Waals surface area contributed by atoms with E-state index in [9.17, 15) is 9.59 Å². The Morgan fingerprint density at radius 1 is 0.951 bits per heavy atom. The van der Waals surface area contributed by atoms with Gasteiger partial charge in [0.2, 0.25) is 5.36 Å². The number of benzene rings is 3. The molecule has 210 valence electrons. The zero-order valence-electron chi connectivity index (χ0n) is 24.5. The van der Waals surface area contributed by atoms with Crippen LogP contribution in [0.3, 0.4) is 0 Å². The highest BCUT2D eigenvalue weighted by atomic mass is 16.5. The number of rotatable bonds is 4. The van der Waals surface area contributed by atoms with Crippen molar-refractivity contribution in [2.75, 3.05) is 31.6 Å². The van der Waals surface area contributed by atoms with E-state index in [0.717, 1.165) is 98.0 Å². The smallest absolute Gasteiger partial charge is 0.308 e. The lowest BCUT2D eigenvalue weighted by Crippen LogP contribution is -2.40. The van der Waals surface area contributed by atoms with Crippen LogP contribution in [-0.4, -0.2) is 38.4 Å². The topological polar surface area (TPSA) is 58.9 Å². The fourth-order valence-electron chi connectivity index (χ4n) is 7.51. The second-order valence-electron chi connectivity index (χ2n) is 11.9. The van der Waals surface area contributed by atoms with Crippen LogP contribution >= 0.6 is 0 Å². The maximum atomic E-state index is 12.6. The Kier molecular flexibility index (Phi) is 6.25. The number of ether oxygens (including phenoxy) is 2. The lowest BCUT2D eigenvalue weighted by atomic mass is 9.82. The van der Waals surface area contributed by atoms with Crippen molar-refractivity contribution in [2.45, 2.75) is 65.7 Å². The second-order valence-corrected chi connectivity index (χ2v) is 11.9. The van der Waals surface area contributed by atoms with Crippen LogP contribution in [0.4, 0.5) is 5.69 Å². The normalized spacial score (nSPS) is 16.7. The highest BCUT2D eigenvalue weighted by Crippen LogP contribution is 2.49. The van der Waals surface area contributed by atoms with Crippen molar-refractivity contribution in [1.29, 1.82) is 0 Å². The number of anilines is 1. The molecule has 0 N–H and O–H groups in total. The second kappa shape index (κ2) is 9.86. The van der Waals surface area contributed by atoms with Gasteiger partial charge in [0.15, 0.2) is 5.78 Å². The van der Waals surface area contributed by atoms with Gasteiger partial charge in [-0.15, -0.1) is 0 Å². The summed E-state index contributed by atoms with van der Waals surface area (Å²) in [5.41, 5.74) is 9.94. The number of ketones is 1. The molecule has 3 aromatic rings. The maximum Gasteiger partial charge on any atom is 0.308 e. The van der Waals surface area contributed by atoms with Crippen LogP contribution in [0.2, 0.25) is 0 Å². The fourth-order valence-corrected chi connectivity index (χ4v) is 7.51. The van der Waals surface area contributed by atoms with Crippen molar-refractivity contribution in [3.8, 4) is 17.2 Å². The summed E-state index contributed by atoms with van der Waals surface area (Å²) in [4.78, 5) is 27.4. The van der Waals surface area contributed by atoms with E-state index in [1.165, 1.54) is 40.2 Å². The van der Waals surface area contributed by atoms with E-state index in [1.54, 1.807) is 19.1 Å². The number of esters is 1. The molecule has 7 rings (SSSR count). The van der Waals surface area contributed by atoms with E-state index in [4.69, 9.17) is 9.47 Å². The lowest BCUT2D eigenvalue weighted by Gasteiger charge is -2.39. The van der Waals surface area contributed by atoms with Crippen molar-refractivity contribution in [2.24, 2.45) is 0 Å². The molecule has 0 aromatic heterocycles. The largest absolute Gasteiger partial charge is 0.455 e. The van der Waals surface area contributed by atoms with Crippen molar-refractivity contribution in [3.63, 3.8) is 0 Å². The number of hydrogen-bond donors (Lipinski definition) is 0. The van der Waals surface area contributed by atoms with E-state index in [-0.39, 0.29) is 11.8 Å². The Morgan fingerprint density at radius 2 is 1.73 bits per heavy atom. The summed E-state index contributed by atoms with van der Waals surface area (Å²) in [6.07, 6.45) is 7.16. The summed E-state index contributed by atoms with van der Waals surface area (Å²) in [7, 11) is 2.18. The Balaban J connectivity index is 1.66. The molecule has 0 amide bonds. The van der Waals surface area contributed by atoms with E-state index in [2.05, 4.69) is 35.6 Å². The summed E-state index contributed by atoms with van der Waals surface area (Å²) in [6.45, 7) is 8.41. The molecular weight excluding hydrogens is 512 g/mol. The number of hydrogen-bond acceptors (Lipinski definition) is 5. The van der Waals surface area contributed by atoms with Gasteiger partial charge in [-0.2, -0.15) is 0 Å². The zero-order valence-corrected chi connectivity index (χ0v) is 24.5. The quantitative estimate of drug-likeness (QED) is 0.162. The van der Waals surface area contributed by atoms with Gasteiger partial charge in [0.25, 0.3) is 0 Å². The van der Waals surface area contributed by atoms with Gasteiger partial charge in [0.1, 0.15) is 30.8 Å². The summed E-state index contributed by atoms with van der Waals surface area (Å²) in [5.74, 6) is 1.91. The molecule has 0 unspecified atom stereocenters. The van der Waals surface area contributed by atoms with Crippen molar-refractivity contribution in [1.82, 2.24) is 4.58 Å². The van der Waals surface area contributed by atoms with Crippen molar-refractivity contribution in [3.05, 3.63) is 79.9 Å². The number of fused-ring (bicyclic) bond motifs is 5. The molecule has 0 bridgehead atoms. The summed E-state index contributed by atoms with van der Waals surface area (Å²) < 4.78 is 15.3. The van der Waals surface area contributed by atoms with Crippen LogP contribution in [-0.2, 0) is 30.5 Å². The van der Waals surface area contributed by atoms with Gasteiger partial charge in [0, 0.05) is 70.7 Å². The molecule has 0 radical (unpaired) electrons. The molecule has 6 heteroatoms. The number of Topliss-reactive ketones (excluding diaryl/α,β-unsaturated/α-hetero) is 1. The van der Waals surface area contributed by atoms with Gasteiger partial charge in [0.05, 0.1) is 5.56 Å². The van der Waals surface area contributed by atoms with Gasteiger partial charge in [-0.3, -0.25) is 9.59 Å². The molecule has 3 aromatic carbocycles. The van der Waals surface area contributed by atoms with Crippen LogP contribution in [0.15, 0.2) is 30.3 Å². The van der Waals surface area contributed by atoms with Crippen LogP contribution < -0.4 is 29.5 Å². The van der Waals surface area contributed by atoms with Crippen LogP contribution in [0.1, 0.15) is 83.8 Å². The number of carbonyl (C=O) groups is 2. The van der Waals surface area contributed by atoms with Gasteiger partial charge in [-0.25, -0.2) is 4.58 Å². The summed E-state index contributed by atoms with van der Waals surface area (Å²) in [5, 5.41) is 2.30. The molecule has 0 spiro atoms. The maximum absolute atomic E-state index is 12.6. The average molecular weight is 550 g/mol. The molecule has 41 heavy (non-hydrogen) atoms. The van der Waals surface area contributed by atoms with E-state index >= 15 is 0 Å². The Morgan fingerprint density at radius 3 is 2.49 bits per heavy atom. The number of aryl methyl sites for hydroxylation is 2. The van der Waals surface area contributed by atoms with Crippen LogP contribution in [0.25, 0.3) is 5.57 Å². The standard InChI is InChI=1S/C35H37N2O4/c1-5-22-17-28-31(27-18-23(20(2)38)12-13-30(27)40-21(3)39)29-19-24-9-6-15-37-16-8-11-26(33(24)37)35(29)41-34(28)25-10-7-14-36(4)32(22)25/h12-13,17-19H,5-11,14-16H2,1-4H3/q+1. The molecule has 0 saturated heterocycles. The first-order valence-electron chi connectivity index (χ1n) is 15.1. The first kappa shape index (κ1) is 26.0. The van der Waals surface area contributed by atoms with E-state index < -0.39 is 0 Å². The molecule has 0 saturated carbocycles. The van der Waals surface area contributed by atoms with E-state index in [1.807, 2.05) is 6.07 Å². The van der Waals surface area contributed by atoms with Crippen LogP contribution in [0, 0.1) is 0 Å². The summed E-state index contributed by atoms with van der Waals surface area (Å²) in [6, 6.07) is 10.0. The molecule has 0 aliphatic carbocycles. The van der Waals surface area contributed by atoms with Gasteiger partial charge < -0.3 is 14.4 Å². The van der Waals surface area contributed by atoms with Gasteiger partial charge >= 0.3 is 5.97 Å². The lowest BCUT2D eigenvalue weighted by molar-refractivity contribution is -0.131. The average Bonchev–Trinajstić information content (AvgIpc) is 2.96. The molecule has 0 atom stereocenters. The molecule has 0 fully saturated rings. The Labute approximate surface area is 240 Å². The monoisotopic (exact) mass is 549 g/mol. The molecular formula is C35H37N2O4+. The first-order chi connectivity index (χ1) is 19.9. The molecule has 4 aliphatic heterocycles. The summed E-state index contributed by atoms with van der Waals surface area (Å²) >= 11 is 0. The third-order valence-electron chi connectivity index (χ3n) is 9.23. The van der Waals surface area contributed by atoms with Gasteiger partial charge in [-0.1, -0.05) is 6.92 Å². The number of carbonyl (C=O) groups excluding carboxylic acids is 2. The predicted octanol–water partition coefficient (Wildman–Crippen LogP) is 4.50. The predicted molar refractivity (Wildman–Crippen MR) is 160 cm³/mol. The fraction of sp³-hybridized carbons (Fsp3) is 0.400. The number of nitrogens with zero attached hydrogens (tertiary/aromatic N) is 2. The van der Waals surface area contributed by atoms with Crippen LogP contribution in [0.5, 0.6) is 17.2 Å². The Hall–Kier alpha value is -3.93. The van der Waals surface area contributed by atoms with Gasteiger partial charge in [-0.05, 0) is 81.3 Å². The van der Waals surface area contributed by atoms with Crippen molar-refractivity contribution < 1.29 is 19.1 Å². The third-order valence-corrected chi connectivity index (χ3v) is 9.23. The highest BCUT2D eigenvalue weighted by Gasteiger charge is 2.35. The minimum absolute atomic E-state index is 0.0220. The Bertz CT molecular complexity index is 1780. The molecule has 6 nitrogen and oxygen atoms in total. The first-order valence-corrected chi connectivity index (χ1v) is 15.1. The van der Waals surface area contributed by atoms with E-state index in [0.29, 0.717) is 11.3 Å². The zero-order chi connectivity index (χ0) is 28.4. The molecule has 4 heterocycles. The third kappa shape index (κ3) is 4.10. The molecule has 4 aliphatic rings. The van der Waals surface area contributed by atoms with Crippen molar-refractivity contribution >= 4 is 23.0 Å².